The molecule has 36 heavy (non-hydrogen) atoms. The summed E-state index contributed by atoms with van der Waals surface area (Å²) in [5.41, 5.74) is 0.500. The molecule has 0 bridgehead atoms. The van der Waals surface area contributed by atoms with Crippen molar-refractivity contribution in [3.8, 4) is 0 Å². The molecule has 0 aliphatic rings. The van der Waals surface area contributed by atoms with E-state index in [1.54, 1.807) is 50.1 Å². The fraction of sp³-hybridized carbons (Fsp3) is 1.00. The van der Waals surface area contributed by atoms with E-state index >= 15 is 0 Å². The van der Waals surface area contributed by atoms with Crippen molar-refractivity contribution in [1.82, 2.24) is 0 Å². The van der Waals surface area contributed by atoms with Crippen LogP contribution in [0.25, 0.3) is 0 Å². The topological polar surface area (TPSA) is 135 Å². The first-order valence-corrected chi connectivity index (χ1v) is 30.1. The molecule has 0 unspecified atom stereocenters. The molecule has 8 nitrogen and oxygen atoms in total. The Balaban J connectivity index is -0.0000000328. The van der Waals surface area contributed by atoms with E-state index in [4.69, 9.17) is 4.78 Å². The number of hydrogen-bond acceptors (Lipinski definition) is 9. The number of sulfone groups is 1. The molecule has 0 aromatic carbocycles. The fourth-order valence-electron chi connectivity index (χ4n) is 0. The zero-order valence-corrected chi connectivity index (χ0v) is 35.1. The average Bonchev–Trinajstić information content (AvgIpc) is 2.41. The van der Waals surface area contributed by atoms with Gasteiger partial charge in [-0.1, -0.05) is 27.7 Å². The summed E-state index contributed by atoms with van der Waals surface area (Å²) in [6.45, 7) is 8.75. The van der Waals surface area contributed by atoms with E-state index < -0.39 is 47.2 Å². The monoisotopic (exact) mass is 807 g/mol. The Morgan fingerprint density at radius 1 is 0.917 bits per heavy atom. The third-order valence-electron chi connectivity index (χ3n) is 0. The Labute approximate surface area is 248 Å². The van der Waals surface area contributed by atoms with Gasteiger partial charge in [-0.15, -0.1) is 10.7 Å². The van der Waals surface area contributed by atoms with Crippen molar-refractivity contribution in [2.24, 2.45) is 5.41 Å². The summed E-state index contributed by atoms with van der Waals surface area (Å²) >= 11 is -1.92. The van der Waals surface area contributed by atoms with Crippen LogP contribution in [0.15, 0.2) is 0 Å². The maximum absolute atomic E-state index is 9.70. The first-order valence-electron chi connectivity index (χ1n) is 9.74. The summed E-state index contributed by atoms with van der Waals surface area (Å²) in [6.07, 6.45) is 13.4. The molecule has 0 aliphatic carbocycles. The van der Waals surface area contributed by atoms with Gasteiger partial charge in [0.15, 0.2) is 0 Å². The molecule has 0 amide bonds. The first-order chi connectivity index (χ1) is 15.4. The van der Waals surface area contributed by atoms with Crippen LogP contribution in [0, 0.1) is 10.2 Å². The van der Waals surface area contributed by atoms with Gasteiger partial charge >= 0.3 is 87.9 Å². The summed E-state index contributed by atoms with van der Waals surface area (Å²) < 4.78 is 68.7. The first kappa shape index (κ1) is 61.5. The zero-order valence-electron chi connectivity index (χ0n) is 26.7. The van der Waals surface area contributed by atoms with Crippen molar-refractivity contribution in [2.75, 3.05) is 64.3 Å². The predicted molar refractivity (Wildman–Crippen MR) is 175 cm³/mol. The number of ether oxygens (including phenoxy) is 1. The van der Waals surface area contributed by atoms with Gasteiger partial charge in [-0.25, -0.2) is 8.42 Å². The Bertz CT molecular complexity index is 556. The molecule has 1 N–H and O–H groups in total. The van der Waals surface area contributed by atoms with Crippen molar-refractivity contribution >= 4 is 84.6 Å². The Kier molecular flexibility index (Phi) is 79.3. The molecule has 0 saturated heterocycles. The van der Waals surface area contributed by atoms with E-state index in [-0.39, 0.29) is 10.7 Å². The molecule has 0 heterocycles. The van der Waals surface area contributed by atoms with Crippen molar-refractivity contribution < 1.29 is 28.9 Å². The van der Waals surface area contributed by atoms with Crippen molar-refractivity contribution in [2.45, 2.75) is 62.6 Å². The fourth-order valence-corrected chi connectivity index (χ4v) is 0. The summed E-state index contributed by atoms with van der Waals surface area (Å²) in [6, 6.07) is 0. The van der Waals surface area contributed by atoms with Gasteiger partial charge in [-0.3, -0.25) is 8.99 Å². The molecule has 0 aliphatic heterocycles. The molecule has 234 valence electrons. The van der Waals surface area contributed by atoms with Gasteiger partial charge in [-0.05, 0) is 30.4 Å². The van der Waals surface area contributed by atoms with E-state index in [0.29, 0.717) is 5.41 Å². The van der Waals surface area contributed by atoms with Crippen molar-refractivity contribution in [3.63, 3.8) is 0 Å². The molecule has 0 radical (unpaired) electrons. The summed E-state index contributed by atoms with van der Waals surface area (Å²) in [5, 5.41) is 0. The molecule has 0 spiro atoms. The molecule has 0 atom stereocenters. The van der Waals surface area contributed by atoms with Gasteiger partial charge < -0.3 is 4.74 Å². The quantitative estimate of drug-likeness (QED) is 0.314. The van der Waals surface area contributed by atoms with Gasteiger partial charge in [0.05, 0.1) is 0 Å². The average molecular weight is 805 g/mol. The molecule has 15 heteroatoms. The van der Waals surface area contributed by atoms with Crippen LogP contribution >= 0.6 is 11.8 Å². The molecule has 0 aromatic rings. The van der Waals surface area contributed by atoms with Gasteiger partial charge in [0.2, 0.25) is 0 Å². The zero-order chi connectivity index (χ0) is 32.4. The molecule has 0 rings (SSSR count). The van der Waals surface area contributed by atoms with Crippen LogP contribution in [-0.4, -0.2) is 118 Å². The number of thioether (sulfide) groups is 1. The molecular formula is C21H61NO7S4Se3. The van der Waals surface area contributed by atoms with E-state index in [2.05, 4.69) is 44.1 Å². The number of methoxy groups -OCH3 is 1. The standard InChI is InChI=1S/C5H12.C2H7NS.C2H6O2S.C2H6O2Se.C2H6OS.C2H6OSe.C2H6O.C2H6S.C2H6Se/c1-5(2,3)4;1-4(2)3;2*1-5(2,3)4;2*1-4(2)3;3*1-3-2/h1-4H3;3H,1-2H3;2*1-2H3;2*1-2H3;3*1-2H3. The van der Waals surface area contributed by atoms with Crippen LogP contribution in [0.5, 0.6) is 0 Å². The van der Waals surface area contributed by atoms with Gasteiger partial charge in [0, 0.05) is 50.0 Å². The summed E-state index contributed by atoms with van der Waals surface area (Å²) in [5.74, 6) is 10.3. The normalized spacial score (nSPS) is 9.31. The molecule has 0 aromatic heterocycles. The summed E-state index contributed by atoms with van der Waals surface area (Å²) in [4.78, 5) is 0. The van der Waals surface area contributed by atoms with Gasteiger partial charge in [0.1, 0.15) is 9.84 Å². The molecular weight excluding hydrogens is 743 g/mol. The number of nitrogens with one attached hydrogen (secondary N) is 1. The number of rotatable bonds is 0. The van der Waals surface area contributed by atoms with Crippen LogP contribution < -0.4 is 0 Å². The van der Waals surface area contributed by atoms with Crippen LogP contribution in [0.1, 0.15) is 27.7 Å². The van der Waals surface area contributed by atoms with Gasteiger partial charge in [-0.2, -0.15) is 11.8 Å². The second kappa shape index (κ2) is 46.4. The molecule has 0 fully saturated rings. The third-order valence-corrected chi connectivity index (χ3v) is 0. The Morgan fingerprint density at radius 3 is 0.917 bits per heavy atom. The van der Waals surface area contributed by atoms with Crippen LogP contribution in [0.4, 0.5) is 0 Å². The Morgan fingerprint density at radius 2 is 0.917 bits per heavy atom. The van der Waals surface area contributed by atoms with Crippen LogP contribution in [0.2, 0.25) is 34.9 Å². The van der Waals surface area contributed by atoms with E-state index in [1.807, 2.05) is 25.0 Å². The SMILES string of the molecule is CC(C)(C)C.COC.CS(C)(=O)=O.CS(C)=N.CS(C)=O.CSC.C[Se](C)(=O)=O.C[Se](C)=O.C[Se]C. The minimum absolute atomic E-state index is 0.111. The van der Waals surface area contributed by atoms with Crippen molar-refractivity contribution in [1.29, 1.82) is 4.78 Å². The van der Waals surface area contributed by atoms with Crippen LogP contribution in [0.3, 0.4) is 0 Å². The second-order valence-electron chi connectivity index (χ2n) is 8.81. The maximum atomic E-state index is 9.70. The van der Waals surface area contributed by atoms with Gasteiger partial charge in [0.25, 0.3) is 0 Å². The third kappa shape index (κ3) is 18400. The Hall–Kier alpha value is 1.52. The van der Waals surface area contributed by atoms with E-state index in [9.17, 15) is 24.1 Å². The van der Waals surface area contributed by atoms with E-state index in [1.165, 1.54) is 11.6 Å². The summed E-state index contributed by atoms with van der Waals surface area (Å²) in [7, 11) is -0.139. The van der Waals surface area contributed by atoms with Crippen molar-refractivity contribution in [3.05, 3.63) is 0 Å². The van der Waals surface area contributed by atoms with E-state index in [0.717, 1.165) is 27.5 Å². The second-order valence-corrected chi connectivity index (χ2v) is 24.6. The number of hydrogen-bond donors (Lipinski definition) is 1. The van der Waals surface area contributed by atoms with Crippen LogP contribution in [-0.2, 0) is 47.6 Å². The molecule has 0 saturated carbocycles. The minimum atomic E-state index is -3.25. The predicted octanol–water partition coefficient (Wildman–Crippen LogP) is 5.58.